The fourth-order valence-corrected chi connectivity index (χ4v) is 2.70. The number of amides is 1. The largest absolute Gasteiger partial charge is 0.481 e. The molecule has 0 fully saturated rings. The molecule has 2 rings (SSSR count). The fraction of sp³-hybridized carbons (Fsp3) is 0.353. The van der Waals surface area contributed by atoms with E-state index in [9.17, 15) is 14.7 Å². The highest BCUT2D eigenvalue weighted by Gasteiger charge is 2.21. The van der Waals surface area contributed by atoms with Gasteiger partial charge in [-0.05, 0) is 12.5 Å². The van der Waals surface area contributed by atoms with Crippen molar-refractivity contribution in [1.29, 1.82) is 0 Å². The third-order valence-electron chi connectivity index (χ3n) is 3.70. The van der Waals surface area contributed by atoms with Crippen LogP contribution in [0.5, 0.6) is 0 Å². The van der Waals surface area contributed by atoms with E-state index < -0.39 is 11.9 Å². The van der Waals surface area contributed by atoms with E-state index in [0.717, 1.165) is 6.42 Å². The van der Waals surface area contributed by atoms with E-state index in [1.807, 2.05) is 13.0 Å². The minimum atomic E-state index is -0.908. The van der Waals surface area contributed by atoms with Crippen molar-refractivity contribution in [2.45, 2.75) is 19.8 Å². The van der Waals surface area contributed by atoms with Crippen molar-refractivity contribution in [3.63, 3.8) is 0 Å². The number of carboxylic acids is 1. The summed E-state index contributed by atoms with van der Waals surface area (Å²) in [5.74, 6) is -1.87. The first-order chi connectivity index (χ1) is 11.4. The molecule has 0 spiro atoms. The number of nitrogens with one attached hydrogen (secondary N) is 1. The molecular formula is C17H20ClN3O3. The van der Waals surface area contributed by atoms with Gasteiger partial charge in [0.2, 0.25) is 0 Å². The third-order valence-corrected chi connectivity index (χ3v) is 4.03. The van der Waals surface area contributed by atoms with Crippen LogP contribution in [0.15, 0.2) is 30.5 Å². The Bertz CT molecular complexity index is 742. The lowest BCUT2D eigenvalue weighted by atomic mass is 10.0. The average Bonchev–Trinajstić information content (AvgIpc) is 2.93. The predicted molar refractivity (Wildman–Crippen MR) is 92.0 cm³/mol. The number of nitrogens with zero attached hydrogens (tertiary/aromatic N) is 2. The molecule has 1 unspecified atom stereocenters. The molecule has 0 radical (unpaired) electrons. The second-order valence-corrected chi connectivity index (χ2v) is 5.99. The lowest BCUT2D eigenvalue weighted by molar-refractivity contribution is -0.141. The Kier molecular flexibility index (Phi) is 5.98. The summed E-state index contributed by atoms with van der Waals surface area (Å²) in [6.45, 7) is 1.99. The molecule has 7 heteroatoms. The zero-order valence-electron chi connectivity index (χ0n) is 13.6. The van der Waals surface area contributed by atoms with Gasteiger partial charge < -0.3 is 10.4 Å². The van der Waals surface area contributed by atoms with Crippen molar-refractivity contribution in [2.24, 2.45) is 13.0 Å². The number of hydrogen-bond donors (Lipinski definition) is 2. The molecule has 1 heterocycles. The summed E-state index contributed by atoms with van der Waals surface area (Å²) < 4.78 is 1.54. The van der Waals surface area contributed by atoms with Gasteiger partial charge >= 0.3 is 5.97 Å². The van der Waals surface area contributed by atoms with E-state index in [2.05, 4.69) is 10.4 Å². The Morgan fingerprint density at radius 1 is 1.38 bits per heavy atom. The Balaban J connectivity index is 2.22. The van der Waals surface area contributed by atoms with E-state index in [0.29, 0.717) is 28.3 Å². The first-order valence-corrected chi connectivity index (χ1v) is 8.11. The highest BCUT2D eigenvalue weighted by atomic mass is 35.5. The minimum Gasteiger partial charge on any atom is -0.481 e. The fourth-order valence-electron chi connectivity index (χ4n) is 2.48. The highest BCUT2D eigenvalue weighted by Crippen LogP contribution is 2.28. The van der Waals surface area contributed by atoms with Gasteiger partial charge in [0.15, 0.2) is 0 Å². The number of halogens is 1. The van der Waals surface area contributed by atoms with E-state index in [-0.39, 0.29) is 12.5 Å². The molecule has 1 aromatic carbocycles. The van der Waals surface area contributed by atoms with Crippen molar-refractivity contribution in [3.8, 4) is 11.3 Å². The maximum absolute atomic E-state index is 12.5. The minimum absolute atomic E-state index is 0.0822. The van der Waals surface area contributed by atoms with Gasteiger partial charge in [0.1, 0.15) is 5.69 Å². The van der Waals surface area contributed by atoms with Gasteiger partial charge in [-0.25, -0.2) is 0 Å². The van der Waals surface area contributed by atoms with Crippen LogP contribution in [-0.4, -0.2) is 33.3 Å². The molecule has 0 saturated heterocycles. The zero-order valence-corrected chi connectivity index (χ0v) is 14.4. The molecule has 0 saturated carbocycles. The van der Waals surface area contributed by atoms with Crippen LogP contribution < -0.4 is 5.32 Å². The van der Waals surface area contributed by atoms with Crippen LogP contribution in [0.3, 0.4) is 0 Å². The van der Waals surface area contributed by atoms with Gasteiger partial charge in [0, 0.05) is 25.4 Å². The Hall–Kier alpha value is -2.34. The topological polar surface area (TPSA) is 84.2 Å². The van der Waals surface area contributed by atoms with Crippen molar-refractivity contribution in [3.05, 3.63) is 41.0 Å². The van der Waals surface area contributed by atoms with Gasteiger partial charge in [-0.15, -0.1) is 0 Å². The molecule has 0 aliphatic heterocycles. The highest BCUT2D eigenvalue weighted by molar-refractivity contribution is 6.33. The number of aliphatic carboxylic acids is 1. The van der Waals surface area contributed by atoms with Gasteiger partial charge in [-0.1, -0.05) is 43.1 Å². The second-order valence-electron chi connectivity index (χ2n) is 5.58. The number of carboxylic acid groups (broad SMARTS) is 1. The smallest absolute Gasteiger partial charge is 0.308 e. The van der Waals surface area contributed by atoms with Crippen LogP contribution in [0.25, 0.3) is 11.3 Å². The van der Waals surface area contributed by atoms with Crippen molar-refractivity contribution >= 4 is 23.5 Å². The standard InChI is InChI=1S/C17H20ClN3O3/c1-3-6-11(17(23)24)9-19-16(22)13-10-21(2)20-15(13)12-7-4-5-8-14(12)18/h4-5,7-8,10-11H,3,6,9H2,1-2H3,(H,19,22)(H,23,24). The quantitative estimate of drug-likeness (QED) is 0.804. The monoisotopic (exact) mass is 349 g/mol. The lowest BCUT2D eigenvalue weighted by Crippen LogP contribution is -2.33. The van der Waals surface area contributed by atoms with Gasteiger partial charge in [0.25, 0.3) is 5.91 Å². The normalized spacial score (nSPS) is 12.0. The molecule has 0 aliphatic rings. The summed E-state index contributed by atoms with van der Waals surface area (Å²) in [5.41, 5.74) is 1.50. The van der Waals surface area contributed by atoms with Crippen LogP contribution in [0.2, 0.25) is 5.02 Å². The summed E-state index contributed by atoms with van der Waals surface area (Å²) in [6, 6.07) is 7.14. The van der Waals surface area contributed by atoms with Crippen LogP contribution in [0.1, 0.15) is 30.1 Å². The maximum atomic E-state index is 12.5. The molecule has 0 bridgehead atoms. The molecule has 24 heavy (non-hydrogen) atoms. The summed E-state index contributed by atoms with van der Waals surface area (Å²) >= 11 is 6.20. The zero-order chi connectivity index (χ0) is 17.7. The van der Waals surface area contributed by atoms with Crippen LogP contribution >= 0.6 is 11.6 Å². The number of aryl methyl sites for hydroxylation is 1. The SMILES string of the molecule is CCCC(CNC(=O)c1cn(C)nc1-c1ccccc1Cl)C(=O)O. The summed E-state index contributed by atoms with van der Waals surface area (Å²) in [5, 5.41) is 16.7. The average molecular weight is 350 g/mol. The van der Waals surface area contributed by atoms with Crippen molar-refractivity contribution < 1.29 is 14.7 Å². The van der Waals surface area contributed by atoms with Crippen LogP contribution in [0, 0.1) is 5.92 Å². The first-order valence-electron chi connectivity index (χ1n) is 7.73. The predicted octanol–water partition coefficient (Wildman–Crippen LogP) is 2.97. The van der Waals surface area contributed by atoms with E-state index in [1.54, 1.807) is 31.4 Å². The maximum Gasteiger partial charge on any atom is 0.308 e. The van der Waals surface area contributed by atoms with Crippen molar-refractivity contribution in [2.75, 3.05) is 6.54 Å². The number of rotatable bonds is 7. The Morgan fingerprint density at radius 2 is 2.08 bits per heavy atom. The van der Waals surface area contributed by atoms with Gasteiger partial charge in [-0.2, -0.15) is 5.10 Å². The molecule has 128 valence electrons. The lowest BCUT2D eigenvalue weighted by Gasteiger charge is -2.12. The first kappa shape index (κ1) is 18.0. The molecule has 1 aromatic heterocycles. The van der Waals surface area contributed by atoms with E-state index >= 15 is 0 Å². The van der Waals surface area contributed by atoms with Gasteiger partial charge in [-0.3, -0.25) is 14.3 Å². The number of carbonyl (C=O) groups is 2. The summed E-state index contributed by atoms with van der Waals surface area (Å²) in [7, 11) is 1.72. The van der Waals surface area contributed by atoms with Crippen LogP contribution in [0.4, 0.5) is 0 Å². The molecule has 0 aliphatic carbocycles. The molecule has 1 atom stereocenters. The number of benzene rings is 1. The molecule has 1 amide bonds. The Morgan fingerprint density at radius 3 is 2.71 bits per heavy atom. The molecule has 6 nitrogen and oxygen atoms in total. The van der Waals surface area contributed by atoms with E-state index in [4.69, 9.17) is 11.6 Å². The van der Waals surface area contributed by atoms with Gasteiger partial charge in [0.05, 0.1) is 16.5 Å². The third kappa shape index (κ3) is 4.14. The van der Waals surface area contributed by atoms with Crippen LogP contribution in [-0.2, 0) is 11.8 Å². The molecule has 2 N–H and O–H groups in total. The summed E-state index contributed by atoms with van der Waals surface area (Å²) in [4.78, 5) is 23.7. The van der Waals surface area contributed by atoms with E-state index in [1.165, 1.54) is 4.68 Å². The number of aromatic nitrogens is 2. The number of hydrogen-bond acceptors (Lipinski definition) is 3. The Labute approximate surface area is 145 Å². The molecular weight excluding hydrogens is 330 g/mol. The van der Waals surface area contributed by atoms with Crippen molar-refractivity contribution in [1.82, 2.24) is 15.1 Å². The molecule has 2 aromatic rings. The summed E-state index contributed by atoms with van der Waals surface area (Å²) in [6.07, 6.45) is 2.86. The second kappa shape index (κ2) is 7.97. The number of carbonyl (C=O) groups excluding carboxylic acids is 1.